The zero-order chi connectivity index (χ0) is 17.7. The lowest BCUT2D eigenvalue weighted by atomic mass is 10.1. The zero-order valence-electron chi connectivity index (χ0n) is 11.6. The minimum absolute atomic E-state index is 0.110. The number of rotatable bonds is 1. The van der Waals surface area contributed by atoms with Gasteiger partial charge in [-0.25, -0.2) is 4.57 Å². The average molecular weight is 347 g/mol. The average Bonchev–Trinajstić information content (AvgIpc) is 2.88. The molecular formula is C14H7F6N3O. The number of hydrogen-bond acceptors (Lipinski definition) is 2. The van der Waals surface area contributed by atoms with E-state index in [9.17, 15) is 31.1 Å². The summed E-state index contributed by atoms with van der Waals surface area (Å²) in [5, 5.41) is 3.09. The van der Waals surface area contributed by atoms with Crippen LogP contribution in [0.15, 0.2) is 47.4 Å². The van der Waals surface area contributed by atoms with Gasteiger partial charge in [-0.3, -0.25) is 4.79 Å². The van der Waals surface area contributed by atoms with Crippen LogP contribution in [-0.4, -0.2) is 14.2 Å². The first-order valence-corrected chi connectivity index (χ1v) is 6.45. The number of alkyl halides is 6. The van der Waals surface area contributed by atoms with Crippen molar-refractivity contribution in [3.05, 3.63) is 58.6 Å². The van der Waals surface area contributed by atoms with Gasteiger partial charge in [0.15, 0.2) is 11.3 Å². The van der Waals surface area contributed by atoms with Crippen LogP contribution in [0.25, 0.3) is 16.8 Å². The van der Waals surface area contributed by atoms with Crippen molar-refractivity contribution < 1.29 is 26.3 Å². The Morgan fingerprint density at radius 3 is 2.08 bits per heavy atom. The summed E-state index contributed by atoms with van der Waals surface area (Å²) < 4.78 is 79.1. The van der Waals surface area contributed by atoms with Crippen LogP contribution < -0.4 is 5.56 Å². The molecule has 2 heterocycles. The van der Waals surface area contributed by atoms with Crippen molar-refractivity contribution in [2.45, 2.75) is 12.5 Å². The lowest BCUT2D eigenvalue weighted by Crippen LogP contribution is -2.24. The molecular weight excluding hydrogens is 340 g/mol. The highest BCUT2D eigenvalue weighted by Gasteiger charge is 2.42. The molecule has 0 aliphatic heterocycles. The molecule has 4 nitrogen and oxygen atoms in total. The summed E-state index contributed by atoms with van der Waals surface area (Å²) in [5.74, 6) is 0. The van der Waals surface area contributed by atoms with Gasteiger partial charge in [-0.15, -0.1) is 13.2 Å². The second-order valence-electron chi connectivity index (χ2n) is 4.81. The highest BCUT2D eigenvalue weighted by molar-refractivity contribution is 5.80. The van der Waals surface area contributed by atoms with Crippen LogP contribution in [0.1, 0.15) is 5.69 Å². The van der Waals surface area contributed by atoms with E-state index in [2.05, 4.69) is 5.10 Å². The lowest BCUT2D eigenvalue weighted by molar-refractivity contribution is -0.201. The van der Waals surface area contributed by atoms with Crippen LogP contribution in [0.3, 0.4) is 0 Å². The Balaban J connectivity index is 2.55. The van der Waals surface area contributed by atoms with Gasteiger partial charge in [-0.2, -0.15) is 22.8 Å². The molecule has 0 aliphatic rings. The van der Waals surface area contributed by atoms with Crippen LogP contribution in [0.5, 0.6) is 0 Å². The minimum atomic E-state index is -5.03. The van der Waals surface area contributed by atoms with E-state index in [-0.39, 0.29) is 14.6 Å². The minimum Gasteiger partial charge on any atom is -0.267 e. The highest BCUT2D eigenvalue weighted by atomic mass is 19.4. The standard InChI is InChI=1S/C14H7F6N3O/c15-13(16,17)11-10(8-4-2-1-3-5-8)12-22(14(18,19)20)7-6-9(24)23(12)21-11/h1-7H. The molecule has 0 fully saturated rings. The van der Waals surface area contributed by atoms with Crippen molar-refractivity contribution >= 4 is 5.65 Å². The lowest BCUT2D eigenvalue weighted by Gasteiger charge is -2.13. The number of aromatic nitrogens is 3. The first-order valence-electron chi connectivity index (χ1n) is 6.45. The van der Waals surface area contributed by atoms with Crippen LogP contribution in [0.2, 0.25) is 0 Å². The fourth-order valence-electron chi connectivity index (χ4n) is 2.34. The molecule has 0 radical (unpaired) electrons. The Labute approximate surface area is 129 Å². The molecule has 0 atom stereocenters. The summed E-state index contributed by atoms with van der Waals surface area (Å²) in [4.78, 5) is 11.7. The fraction of sp³-hybridized carbons (Fsp3) is 0.143. The smallest absolute Gasteiger partial charge is 0.267 e. The summed E-state index contributed by atoms with van der Waals surface area (Å²) in [6.07, 6.45) is -9.68. The van der Waals surface area contributed by atoms with Crippen molar-refractivity contribution in [3.63, 3.8) is 0 Å². The molecule has 0 N–H and O–H groups in total. The van der Waals surface area contributed by atoms with Gasteiger partial charge in [0, 0.05) is 12.3 Å². The SMILES string of the molecule is O=c1ccn(C(F)(F)F)c2c(-c3ccccc3)c(C(F)(F)F)nn12. The Bertz CT molecular complexity index is 953. The third-order valence-corrected chi connectivity index (χ3v) is 3.27. The van der Waals surface area contributed by atoms with Gasteiger partial charge < -0.3 is 0 Å². The maximum absolute atomic E-state index is 13.3. The number of nitrogens with zero attached hydrogens (tertiary/aromatic N) is 3. The van der Waals surface area contributed by atoms with Gasteiger partial charge in [0.1, 0.15) is 0 Å². The molecule has 24 heavy (non-hydrogen) atoms. The van der Waals surface area contributed by atoms with Gasteiger partial charge in [0.25, 0.3) is 5.56 Å². The van der Waals surface area contributed by atoms with Crippen molar-refractivity contribution in [2.75, 3.05) is 0 Å². The molecule has 10 heteroatoms. The molecule has 126 valence electrons. The fourth-order valence-corrected chi connectivity index (χ4v) is 2.34. The van der Waals surface area contributed by atoms with E-state index in [1.54, 1.807) is 0 Å². The molecule has 0 unspecified atom stereocenters. The molecule has 0 spiro atoms. The molecule has 1 aromatic carbocycles. The van der Waals surface area contributed by atoms with Crippen molar-refractivity contribution in [1.82, 2.24) is 14.2 Å². The Hall–Kier alpha value is -2.78. The van der Waals surface area contributed by atoms with Crippen LogP contribution in [0, 0.1) is 0 Å². The van der Waals surface area contributed by atoms with Gasteiger partial charge >= 0.3 is 12.5 Å². The summed E-state index contributed by atoms with van der Waals surface area (Å²) >= 11 is 0. The quantitative estimate of drug-likeness (QED) is 0.630. The van der Waals surface area contributed by atoms with Crippen LogP contribution >= 0.6 is 0 Å². The Morgan fingerprint density at radius 2 is 1.54 bits per heavy atom. The predicted molar refractivity (Wildman–Crippen MR) is 71.2 cm³/mol. The van der Waals surface area contributed by atoms with E-state index < -0.39 is 34.9 Å². The molecule has 3 rings (SSSR count). The van der Waals surface area contributed by atoms with E-state index in [1.807, 2.05) is 0 Å². The van der Waals surface area contributed by atoms with Crippen molar-refractivity contribution in [1.29, 1.82) is 0 Å². The normalized spacial score (nSPS) is 12.8. The predicted octanol–water partition coefficient (Wildman–Crippen LogP) is 3.66. The van der Waals surface area contributed by atoms with E-state index in [4.69, 9.17) is 0 Å². The molecule has 2 aromatic heterocycles. The van der Waals surface area contributed by atoms with E-state index in [0.29, 0.717) is 12.3 Å². The third kappa shape index (κ3) is 2.53. The summed E-state index contributed by atoms with van der Waals surface area (Å²) in [6.45, 7) is 0. The molecule has 0 saturated carbocycles. The maximum atomic E-state index is 13.3. The maximum Gasteiger partial charge on any atom is 0.490 e. The van der Waals surface area contributed by atoms with Gasteiger partial charge in [0.05, 0.1) is 5.56 Å². The molecule has 0 amide bonds. The van der Waals surface area contributed by atoms with Gasteiger partial charge in [-0.05, 0) is 5.56 Å². The van der Waals surface area contributed by atoms with E-state index in [0.717, 1.165) is 0 Å². The number of fused-ring (bicyclic) bond motifs is 1. The van der Waals surface area contributed by atoms with Crippen LogP contribution in [0.4, 0.5) is 26.3 Å². The van der Waals surface area contributed by atoms with Gasteiger partial charge in [0.2, 0.25) is 0 Å². The molecule has 3 aromatic rings. The summed E-state index contributed by atoms with van der Waals surface area (Å²) in [5.41, 5.74) is -4.59. The number of halogens is 6. The van der Waals surface area contributed by atoms with E-state index >= 15 is 0 Å². The Morgan fingerprint density at radius 1 is 0.917 bits per heavy atom. The molecule has 0 saturated heterocycles. The first kappa shape index (κ1) is 16.1. The Kier molecular flexibility index (Phi) is 3.43. The monoisotopic (exact) mass is 347 g/mol. The van der Waals surface area contributed by atoms with Crippen LogP contribution in [-0.2, 0) is 12.5 Å². The van der Waals surface area contributed by atoms with Crippen molar-refractivity contribution in [2.24, 2.45) is 0 Å². The second-order valence-corrected chi connectivity index (χ2v) is 4.81. The summed E-state index contributed by atoms with van der Waals surface area (Å²) in [7, 11) is 0. The molecule has 0 aliphatic carbocycles. The second kappa shape index (κ2) is 5.11. The first-order chi connectivity index (χ1) is 11.1. The number of benzene rings is 1. The molecule has 0 bridgehead atoms. The topological polar surface area (TPSA) is 39.3 Å². The largest absolute Gasteiger partial charge is 0.490 e. The summed E-state index contributed by atoms with van der Waals surface area (Å²) in [6, 6.07) is 7.17. The third-order valence-electron chi connectivity index (χ3n) is 3.27. The zero-order valence-corrected chi connectivity index (χ0v) is 11.6. The van der Waals surface area contributed by atoms with Gasteiger partial charge in [-0.1, -0.05) is 30.3 Å². The van der Waals surface area contributed by atoms with Crippen molar-refractivity contribution in [3.8, 4) is 11.1 Å². The highest BCUT2D eigenvalue weighted by Crippen LogP contribution is 2.39. The number of hydrogen-bond donors (Lipinski definition) is 0. The van der Waals surface area contributed by atoms with E-state index in [1.165, 1.54) is 30.3 Å².